The van der Waals surface area contributed by atoms with E-state index in [0.717, 1.165) is 29.9 Å². The molecule has 2 saturated heterocycles. The molecule has 0 aromatic carbocycles. The summed E-state index contributed by atoms with van der Waals surface area (Å²) >= 11 is 1.25. The van der Waals surface area contributed by atoms with Crippen LogP contribution in [0.4, 0.5) is 11.5 Å². The molecule has 5 N–H and O–H groups in total. The van der Waals surface area contributed by atoms with Gasteiger partial charge in [0.2, 0.25) is 11.7 Å². The molecule has 0 radical (unpaired) electrons. The first-order chi connectivity index (χ1) is 17.3. The Hall–Kier alpha value is -3.06. The third-order valence-corrected chi connectivity index (χ3v) is 8.49. The number of anilines is 2. The summed E-state index contributed by atoms with van der Waals surface area (Å²) in [7, 11) is 0. The molecule has 188 valence electrons. The largest absolute Gasteiger partial charge is 0.475 e. The van der Waals surface area contributed by atoms with Crippen LogP contribution in [-0.4, -0.2) is 70.6 Å². The lowest BCUT2D eigenvalue weighted by molar-refractivity contribution is -0.163. The Bertz CT molecular complexity index is 1390. The highest BCUT2D eigenvalue weighted by Gasteiger charge is 2.62. The van der Waals surface area contributed by atoms with Crippen molar-refractivity contribution < 1.29 is 19.0 Å². The number of rotatable bonds is 3. The normalized spacial score (nSPS) is 28.0. The molecule has 3 atom stereocenters. The smallest absolute Gasteiger partial charge is 0.263 e. The van der Waals surface area contributed by atoms with E-state index >= 15 is 0 Å². The van der Waals surface area contributed by atoms with E-state index in [1.165, 1.54) is 11.3 Å². The molecular formula is C24H27N7O4S. The fourth-order valence-corrected chi connectivity index (χ4v) is 6.23. The highest BCUT2D eigenvalue weighted by atomic mass is 32.1. The van der Waals surface area contributed by atoms with E-state index in [0.29, 0.717) is 59.5 Å². The van der Waals surface area contributed by atoms with Crippen LogP contribution in [0.25, 0.3) is 10.3 Å². The summed E-state index contributed by atoms with van der Waals surface area (Å²) < 4.78 is 18.3. The number of thiophene rings is 1. The zero-order valence-corrected chi connectivity index (χ0v) is 20.6. The number of hydrogen-bond acceptors (Lipinski definition) is 11. The van der Waals surface area contributed by atoms with Crippen LogP contribution in [0.1, 0.15) is 33.8 Å². The SMILES string of the molecule is Cc1cnc2c(N)c(C(=O)NC3COc4nc(N5CC(N)C6(C5)OCC5(CC5)O6)ccc4C3)sc2n1. The van der Waals surface area contributed by atoms with E-state index in [1.807, 2.05) is 19.1 Å². The number of carbonyl (C=O) groups is 1. The van der Waals surface area contributed by atoms with Gasteiger partial charge in [-0.05, 0) is 31.9 Å². The second-order valence-electron chi connectivity index (χ2n) is 10.2. The van der Waals surface area contributed by atoms with Gasteiger partial charge in [-0.3, -0.25) is 4.79 Å². The van der Waals surface area contributed by atoms with E-state index < -0.39 is 5.79 Å². The summed E-state index contributed by atoms with van der Waals surface area (Å²) in [4.78, 5) is 29.6. The maximum absolute atomic E-state index is 13.0. The fourth-order valence-electron chi connectivity index (χ4n) is 5.23. The monoisotopic (exact) mass is 509 g/mol. The van der Waals surface area contributed by atoms with Crippen molar-refractivity contribution in [2.24, 2.45) is 5.73 Å². The molecule has 1 saturated carbocycles. The Balaban J connectivity index is 1.04. The highest BCUT2D eigenvalue weighted by Crippen LogP contribution is 2.51. The van der Waals surface area contributed by atoms with E-state index in [9.17, 15) is 4.79 Å². The summed E-state index contributed by atoms with van der Waals surface area (Å²) in [6.07, 6.45) is 4.32. The van der Waals surface area contributed by atoms with Crippen LogP contribution in [0, 0.1) is 6.92 Å². The summed E-state index contributed by atoms with van der Waals surface area (Å²) in [6, 6.07) is 3.51. The quantitative estimate of drug-likeness (QED) is 0.469. The van der Waals surface area contributed by atoms with Crippen molar-refractivity contribution in [2.45, 2.75) is 49.7 Å². The van der Waals surface area contributed by atoms with E-state index in [1.54, 1.807) is 6.20 Å². The van der Waals surface area contributed by atoms with Crippen LogP contribution in [-0.2, 0) is 15.9 Å². The van der Waals surface area contributed by atoms with Gasteiger partial charge in [-0.1, -0.05) is 0 Å². The standard InChI is InChI=1S/C24H27N7O4S/c1-12-7-27-18-17(26)19(36-22(18)28-12)20(32)29-14-6-13-2-3-16(30-21(13)33-9-14)31-8-15(25)24(10-31)34-11-23(35-24)4-5-23/h2-3,7,14-15H,4-6,8-11,25-26H2,1H3,(H,29,32). The van der Waals surface area contributed by atoms with Gasteiger partial charge in [0.25, 0.3) is 5.91 Å². The number of hydrogen-bond donors (Lipinski definition) is 3. The summed E-state index contributed by atoms with van der Waals surface area (Å²) in [5, 5.41) is 3.04. The molecule has 1 amide bonds. The zero-order chi connectivity index (χ0) is 24.7. The first-order valence-electron chi connectivity index (χ1n) is 12.1. The van der Waals surface area contributed by atoms with Gasteiger partial charge in [0, 0.05) is 24.7 Å². The Morgan fingerprint density at radius 2 is 2.17 bits per heavy atom. The minimum absolute atomic E-state index is 0.119. The van der Waals surface area contributed by atoms with Gasteiger partial charge in [-0.15, -0.1) is 11.3 Å². The van der Waals surface area contributed by atoms with Crippen LogP contribution >= 0.6 is 11.3 Å². The van der Waals surface area contributed by atoms with Gasteiger partial charge in [-0.25, -0.2) is 9.97 Å². The molecule has 7 rings (SSSR count). The van der Waals surface area contributed by atoms with Gasteiger partial charge in [0.1, 0.15) is 27.6 Å². The maximum Gasteiger partial charge on any atom is 0.263 e. The second-order valence-corrected chi connectivity index (χ2v) is 11.2. The molecule has 0 bridgehead atoms. The van der Waals surface area contributed by atoms with Crippen LogP contribution < -0.4 is 26.4 Å². The second kappa shape index (κ2) is 7.72. The average Bonchev–Trinajstić information content (AvgIpc) is 3.23. The van der Waals surface area contributed by atoms with Crippen LogP contribution in [0.5, 0.6) is 5.88 Å². The van der Waals surface area contributed by atoms with Gasteiger partial charge in [0.15, 0.2) is 0 Å². The first-order valence-corrected chi connectivity index (χ1v) is 12.9. The zero-order valence-electron chi connectivity index (χ0n) is 19.8. The maximum atomic E-state index is 13.0. The number of nitrogens with zero attached hydrogens (tertiary/aromatic N) is 4. The molecule has 11 nitrogen and oxygen atoms in total. The van der Waals surface area contributed by atoms with Gasteiger partial charge < -0.3 is 35.9 Å². The minimum atomic E-state index is -0.761. The molecule has 3 aliphatic heterocycles. The average molecular weight is 510 g/mol. The van der Waals surface area contributed by atoms with Crippen molar-refractivity contribution in [3.63, 3.8) is 0 Å². The molecule has 3 aromatic heterocycles. The summed E-state index contributed by atoms with van der Waals surface area (Å²) in [6.45, 7) is 3.92. The fraction of sp³-hybridized carbons (Fsp3) is 0.500. The lowest BCUT2D eigenvalue weighted by atomic mass is 10.1. The van der Waals surface area contributed by atoms with Gasteiger partial charge in [-0.2, -0.15) is 4.98 Å². The molecule has 36 heavy (non-hydrogen) atoms. The third kappa shape index (κ3) is 3.51. The summed E-state index contributed by atoms with van der Waals surface area (Å²) in [5.41, 5.74) is 15.1. The topological polar surface area (TPSA) is 151 Å². The molecule has 12 heteroatoms. The van der Waals surface area contributed by atoms with Crippen LogP contribution in [0.15, 0.2) is 18.3 Å². The number of ether oxygens (including phenoxy) is 3. The number of pyridine rings is 1. The third-order valence-electron chi connectivity index (χ3n) is 7.41. The van der Waals surface area contributed by atoms with E-state index in [4.69, 9.17) is 30.7 Å². The summed E-state index contributed by atoms with van der Waals surface area (Å²) in [5.74, 6) is 0.339. The number of nitrogens with two attached hydrogens (primary N) is 2. The Morgan fingerprint density at radius 1 is 1.31 bits per heavy atom. The Morgan fingerprint density at radius 3 is 2.97 bits per heavy atom. The number of nitrogen functional groups attached to an aromatic ring is 1. The molecular weight excluding hydrogens is 482 g/mol. The molecule has 6 heterocycles. The lowest BCUT2D eigenvalue weighted by Crippen LogP contribution is -2.48. The molecule has 3 aromatic rings. The van der Waals surface area contributed by atoms with Crippen molar-refractivity contribution in [3.8, 4) is 5.88 Å². The predicted octanol–water partition coefficient (Wildman–Crippen LogP) is 1.13. The molecule has 3 unspecified atom stereocenters. The van der Waals surface area contributed by atoms with Crippen molar-refractivity contribution in [1.29, 1.82) is 0 Å². The van der Waals surface area contributed by atoms with Crippen molar-refractivity contribution in [2.75, 3.05) is 36.9 Å². The molecule has 2 spiro atoms. The first kappa shape index (κ1) is 22.2. The number of aryl methyl sites for hydroxylation is 1. The highest BCUT2D eigenvalue weighted by molar-refractivity contribution is 7.21. The number of nitrogens with one attached hydrogen (secondary N) is 1. The predicted molar refractivity (Wildman–Crippen MR) is 133 cm³/mol. The minimum Gasteiger partial charge on any atom is -0.475 e. The lowest BCUT2D eigenvalue weighted by Gasteiger charge is -2.28. The number of amides is 1. The molecule has 1 aliphatic carbocycles. The van der Waals surface area contributed by atoms with Crippen LogP contribution in [0.3, 0.4) is 0 Å². The van der Waals surface area contributed by atoms with E-state index in [2.05, 4.69) is 20.2 Å². The van der Waals surface area contributed by atoms with Crippen molar-refractivity contribution in [1.82, 2.24) is 20.3 Å². The Labute approximate surface area is 211 Å². The molecule has 3 fully saturated rings. The van der Waals surface area contributed by atoms with Gasteiger partial charge >= 0.3 is 0 Å². The van der Waals surface area contributed by atoms with E-state index in [-0.39, 0.29) is 23.6 Å². The number of fused-ring (bicyclic) bond motifs is 2. The van der Waals surface area contributed by atoms with Gasteiger partial charge in [0.05, 0.1) is 42.2 Å². The number of carbonyl (C=O) groups excluding carboxylic acids is 1. The Kier molecular flexibility index (Phi) is 4.75. The number of aromatic nitrogens is 3. The van der Waals surface area contributed by atoms with Crippen molar-refractivity contribution in [3.05, 3.63) is 34.5 Å². The van der Waals surface area contributed by atoms with Crippen LogP contribution in [0.2, 0.25) is 0 Å². The van der Waals surface area contributed by atoms with Crippen molar-refractivity contribution >= 4 is 39.1 Å². The molecule has 4 aliphatic rings.